The summed E-state index contributed by atoms with van der Waals surface area (Å²) in [6, 6.07) is 11.8. The van der Waals surface area contributed by atoms with Gasteiger partial charge in [-0.05, 0) is 63.9 Å². The molecule has 20 heavy (non-hydrogen) atoms. The first-order valence-electron chi connectivity index (χ1n) is 6.84. The number of anilines is 1. The first-order chi connectivity index (χ1) is 9.33. The number of benzene rings is 1. The first-order valence-corrected chi connectivity index (χ1v) is 6.84. The lowest BCUT2D eigenvalue weighted by molar-refractivity contribution is 0.462. The van der Waals surface area contributed by atoms with Gasteiger partial charge in [0.15, 0.2) is 0 Å². The fraction of sp³-hybridized carbons (Fsp3) is 0.353. The smallest absolute Gasteiger partial charge is 0.221 e. The number of ether oxygens (including phenoxy) is 1. The van der Waals surface area contributed by atoms with Crippen molar-refractivity contribution in [3.63, 3.8) is 0 Å². The van der Waals surface area contributed by atoms with Crippen molar-refractivity contribution in [3.05, 3.63) is 47.5 Å². The molecule has 1 heterocycles. The molecule has 0 atom stereocenters. The second kappa shape index (κ2) is 5.53. The van der Waals surface area contributed by atoms with Crippen LogP contribution in [0.15, 0.2) is 36.4 Å². The third-order valence-corrected chi connectivity index (χ3v) is 2.93. The van der Waals surface area contributed by atoms with E-state index in [4.69, 9.17) is 4.74 Å². The lowest BCUT2D eigenvalue weighted by Crippen LogP contribution is -2.26. The summed E-state index contributed by atoms with van der Waals surface area (Å²) in [6.07, 6.45) is 0. The van der Waals surface area contributed by atoms with Crippen molar-refractivity contribution in [2.24, 2.45) is 0 Å². The van der Waals surface area contributed by atoms with E-state index < -0.39 is 0 Å². The fourth-order valence-electron chi connectivity index (χ4n) is 1.82. The van der Waals surface area contributed by atoms with E-state index in [9.17, 15) is 0 Å². The van der Waals surface area contributed by atoms with Gasteiger partial charge in [-0.2, -0.15) is 4.98 Å². The van der Waals surface area contributed by atoms with Crippen molar-refractivity contribution in [1.82, 2.24) is 4.98 Å². The van der Waals surface area contributed by atoms with Gasteiger partial charge in [0.2, 0.25) is 5.88 Å². The Morgan fingerprint density at radius 1 is 1.00 bits per heavy atom. The number of pyridine rings is 1. The fourth-order valence-corrected chi connectivity index (χ4v) is 1.82. The van der Waals surface area contributed by atoms with Gasteiger partial charge in [-0.25, -0.2) is 0 Å². The van der Waals surface area contributed by atoms with Crippen LogP contribution in [0.25, 0.3) is 0 Å². The maximum atomic E-state index is 5.82. The van der Waals surface area contributed by atoms with Gasteiger partial charge in [0.1, 0.15) is 11.6 Å². The number of rotatable bonds is 3. The van der Waals surface area contributed by atoms with E-state index >= 15 is 0 Å². The summed E-state index contributed by atoms with van der Waals surface area (Å²) in [4.78, 5) is 4.47. The number of aromatic nitrogens is 1. The molecule has 0 aliphatic rings. The van der Waals surface area contributed by atoms with Gasteiger partial charge in [0.25, 0.3) is 0 Å². The summed E-state index contributed by atoms with van der Waals surface area (Å²) in [5, 5.41) is 3.34. The highest BCUT2D eigenvalue weighted by atomic mass is 16.5. The highest BCUT2D eigenvalue weighted by molar-refractivity contribution is 5.41. The van der Waals surface area contributed by atoms with Crippen molar-refractivity contribution in [3.8, 4) is 11.6 Å². The second-order valence-corrected chi connectivity index (χ2v) is 6.08. The van der Waals surface area contributed by atoms with Crippen molar-refractivity contribution < 1.29 is 4.74 Å². The zero-order valence-corrected chi connectivity index (χ0v) is 12.8. The summed E-state index contributed by atoms with van der Waals surface area (Å²) in [6.45, 7) is 10.5. The van der Waals surface area contributed by atoms with E-state index in [1.807, 2.05) is 30.3 Å². The van der Waals surface area contributed by atoms with E-state index in [0.29, 0.717) is 5.88 Å². The van der Waals surface area contributed by atoms with Crippen LogP contribution in [0.2, 0.25) is 0 Å². The van der Waals surface area contributed by atoms with Gasteiger partial charge in [-0.3, -0.25) is 0 Å². The zero-order valence-electron chi connectivity index (χ0n) is 12.8. The van der Waals surface area contributed by atoms with Crippen LogP contribution in [0.1, 0.15) is 31.9 Å². The van der Waals surface area contributed by atoms with Crippen LogP contribution in [0, 0.1) is 13.8 Å². The number of nitrogens with zero attached hydrogens (tertiary/aromatic N) is 1. The second-order valence-electron chi connectivity index (χ2n) is 6.08. The predicted octanol–water partition coefficient (Wildman–Crippen LogP) is 4.70. The molecule has 1 N–H and O–H groups in total. The van der Waals surface area contributed by atoms with Gasteiger partial charge in [-0.15, -0.1) is 0 Å². The van der Waals surface area contributed by atoms with Gasteiger partial charge in [0, 0.05) is 11.6 Å². The Balaban J connectivity index is 2.17. The normalized spacial score (nSPS) is 11.2. The maximum Gasteiger partial charge on any atom is 0.221 e. The minimum absolute atomic E-state index is 0.0218. The Morgan fingerprint density at radius 2 is 1.75 bits per heavy atom. The molecular formula is C17H22N2O. The molecule has 0 amide bonds. The van der Waals surface area contributed by atoms with Crippen LogP contribution in [0.4, 0.5) is 5.82 Å². The third kappa shape index (κ3) is 3.98. The predicted molar refractivity (Wildman–Crippen MR) is 83.6 cm³/mol. The van der Waals surface area contributed by atoms with Crippen LogP contribution in [-0.4, -0.2) is 10.5 Å². The van der Waals surface area contributed by atoms with Gasteiger partial charge < -0.3 is 10.1 Å². The quantitative estimate of drug-likeness (QED) is 0.877. The zero-order chi connectivity index (χ0) is 14.8. The molecule has 0 saturated carbocycles. The lowest BCUT2D eigenvalue weighted by atomic mass is 10.1. The van der Waals surface area contributed by atoms with Gasteiger partial charge in [0.05, 0.1) is 0 Å². The number of nitrogens with one attached hydrogen (secondary N) is 1. The monoisotopic (exact) mass is 270 g/mol. The molecule has 0 bridgehead atoms. The van der Waals surface area contributed by atoms with Crippen LogP contribution in [0.5, 0.6) is 11.6 Å². The SMILES string of the molecule is Cc1ccc(Oc2cccc(NC(C)(C)C)n2)cc1C. The lowest BCUT2D eigenvalue weighted by Gasteiger charge is -2.21. The van der Waals surface area contributed by atoms with Crippen LogP contribution in [0.3, 0.4) is 0 Å². The molecule has 0 fully saturated rings. The van der Waals surface area contributed by atoms with Crippen LogP contribution < -0.4 is 10.1 Å². The van der Waals surface area contributed by atoms with E-state index in [1.54, 1.807) is 0 Å². The summed E-state index contributed by atoms with van der Waals surface area (Å²) < 4.78 is 5.82. The summed E-state index contributed by atoms with van der Waals surface area (Å²) in [7, 11) is 0. The van der Waals surface area contributed by atoms with Crippen molar-refractivity contribution in [2.75, 3.05) is 5.32 Å². The Kier molecular flexibility index (Phi) is 3.98. The maximum absolute atomic E-state index is 5.82. The van der Waals surface area contributed by atoms with E-state index in [0.717, 1.165) is 11.6 Å². The summed E-state index contributed by atoms with van der Waals surface area (Å²) >= 11 is 0. The Morgan fingerprint density at radius 3 is 2.40 bits per heavy atom. The van der Waals surface area contributed by atoms with Crippen LogP contribution in [-0.2, 0) is 0 Å². The highest BCUT2D eigenvalue weighted by Crippen LogP contribution is 2.23. The number of hydrogen-bond donors (Lipinski definition) is 1. The van der Waals surface area contributed by atoms with Crippen molar-refractivity contribution >= 4 is 5.82 Å². The molecule has 0 unspecified atom stereocenters. The van der Waals surface area contributed by atoms with Crippen molar-refractivity contribution in [2.45, 2.75) is 40.2 Å². The van der Waals surface area contributed by atoms with E-state index in [1.165, 1.54) is 11.1 Å². The molecule has 0 saturated heterocycles. The molecule has 2 aromatic rings. The first kappa shape index (κ1) is 14.4. The molecule has 2 rings (SSSR count). The molecule has 0 spiro atoms. The molecule has 0 radical (unpaired) electrons. The standard InChI is InChI=1S/C17H22N2O/c1-12-9-10-14(11-13(12)2)20-16-8-6-7-15(18-16)19-17(3,4)5/h6-11H,1-5H3,(H,18,19). The summed E-state index contributed by atoms with van der Waals surface area (Å²) in [5.74, 6) is 2.23. The minimum atomic E-state index is -0.0218. The average Bonchev–Trinajstić information content (AvgIpc) is 2.32. The van der Waals surface area contributed by atoms with E-state index in [2.05, 4.69) is 51.0 Å². The molecule has 0 aliphatic heterocycles. The Bertz CT molecular complexity index is 600. The van der Waals surface area contributed by atoms with E-state index in [-0.39, 0.29) is 5.54 Å². The topological polar surface area (TPSA) is 34.1 Å². The summed E-state index contributed by atoms with van der Waals surface area (Å²) in [5.41, 5.74) is 2.45. The molecular weight excluding hydrogens is 248 g/mol. The third-order valence-electron chi connectivity index (χ3n) is 2.93. The minimum Gasteiger partial charge on any atom is -0.439 e. The molecule has 1 aromatic carbocycles. The molecule has 3 heteroatoms. The highest BCUT2D eigenvalue weighted by Gasteiger charge is 2.10. The number of aryl methyl sites for hydroxylation is 2. The number of hydrogen-bond acceptors (Lipinski definition) is 3. The molecule has 1 aromatic heterocycles. The Labute approximate surface area is 121 Å². The van der Waals surface area contributed by atoms with Crippen LogP contribution >= 0.6 is 0 Å². The molecule has 3 nitrogen and oxygen atoms in total. The largest absolute Gasteiger partial charge is 0.439 e. The molecule has 106 valence electrons. The van der Waals surface area contributed by atoms with Gasteiger partial charge in [-0.1, -0.05) is 12.1 Å². The average molecular weight is 270 g/mol. The van der Waals surface area contributed by atoms with Crippen molar-refractivity contribution in [1.29, 1.82) is 0 Å². The molecule has 0 aliphatic carbocycles. The van der Waals surface area contributed by atoms with Gasteiger partial charge >= 0.3 is 0 Å². The Hall–Kier alpha value is -2.03.